The van der Waals surface area contributed by atoms with Crippen LogP contribution in [0.3, 0.4) is 0 Å². The largest absolute Gasteiger partial charge is 0.241 e. The predicted molar refractivity (Wildman–Crippen MR) is 76.1 cm³/mol. The molecule has 0 aliphatic heterocycles. The molecule has 0 fully saturated rings. The van der Waals surface area contributed by atoms with Crippen LogP contribution in [0.4, 0.5) is 0 Å². The maximum atomic E-state index is 5.71. The van der Waals surface area contributed by atoms with Crippen molar-refractivity contribution in [1.29, 1.82) is 0 Å². The summed E-state index contributed by atoms with van der Waals surface area (Å²) in [4.78, 5) is 4.58. The lowest BCUT2D eigenvalue weighted by atomic mass is 10.0. The van der Waals surface area contributed by atoms with Gasteiger partial charge in [0, 0.05) is 23.2 Å². The highest BCUT2D eigenvalue weighted by Gasteiger charge is 2.05. The second kappa shape index (κ2) is 5.65. The molecule has 17 heavy (non-hydrogen) atoms. The smallest absolute Gasteiger partial charge is 0.123 e. The lowest BCUT2D eigenvalue weighted by Gasteiger charge is -2.05. The van der Waals surface area contributed by atoms with Crippen molar-refractivity contribution in [3.05, 3.63) is 40.9 Å². The molecular formula is C14H16ClNS. The number of halogens is 1. The fourth-order valence-electron chi connectivity index (χ4n) is 1.66. The summed E-state index contributed by atoms with van der Waals surface area (Å²) >= 11 is 7.40. The topological polar surface area (TPSA) is 12.9 Å². The second-order valence-corrected chi connectivity index (χ2v) is 5.60. The molecule has 2 aromatic rings. The zero-order valence-electron chi connectivity index (χ0n) is 10.1. The average Bonchev–Trinajstić information content (AvgIpc) is 2.78. The Hall–Kier alpha value is -0.860. The molecule has 0 N–H and O–H groups in total. The Bertz CT molecular complexity index is 473. The fourth-order valence-corrected chi connectivity index (χ4v) is 2.72. The summed E-state index contributed by atoms with van der Waals surface area (Å²) in [5.74, 6) is 1.21. The van der Waals surface area contributed by atoms with Crippen molar-refractivity contribution in [3.8, 4) is 10.6 Å². The number of rotatable bonds is 4. The molecule has 2 rings (SSSR count). The third-order valence-electron chi connectivity index (χ3n) is 2.73. The molecule has 0 radical (unpaired) electrons. The number of hydrogen-bond donors (Lipinski definition) is 0. The standard InChI is InChI=1S/C14H16ClNS/c1-10(2)11-3-5-12(6-4-11)14-16-13(7-8-15)9-17-14/h3-6,9-10H,7-8H2,1-2H3. The normalized spacial score (nSPS) is 11.1. The molecule has 0 amide bonds. The molecular weight excluding hydrogens is 250 g/mol. The first-order valence-corrected chi connectivity index (χ1v) is 7.23. The molecule has 0 spiro atoms. The number of thiazole rings is 1. The summed E-state index contributed by atoms with van der Waals surface area (Å²) in [6, 6.07) is 8.67. The van der Waals surface area contributed by atoms with Crippen molar-refractivity contribution in [2.45, 2.75) is 26.2 Å². The molecule has 1 heterocycles. The number of aromatic nitrogens is 1. The van der Waals surface area contributed by atoms with Gasteiger partial charge in [-0.25, -0.2) is 4.98 Å². The van der Waals surface area contributed by atoms with Crippen LogP contribution in [-0.2, 0) is 6.42 Å². The van der Waals surface area contributed by atoms with E-state index in [2.05, 4.69) is 48.5 Å². The number of hydrogen-bond acceptors (Lipinski definition) is 2. The molecule has 0 aliphatic rings. The van der Waals surface area contributed by atoms with Gasteiger partial charge in [0.2, 0.25) is 0 Å². The zero-order valence-corrected chi connectivity index (χ0v) is 11.7. The van der Waals surface area contributed by atoms with Crippen LogP contribution in [0.5, 0.6) is 0 Å². The molecule has 0 saturated heterocycles. The summed E-state index contributed by atoms with van der Waals surface area (Å²) in [6.45, 7) is 4.41. The van der Waals surface area contributed by atoms with Gasteiger partial charge in [0.25, 0.3) is 0 Å². The van der Waals surface area contributed by atoms with Crippen LogP contribution in [0.2, 0.25) is 0 Å². The maximum Gasteiger partial charge on any atom is 0.123 e. The first-order valence-electron chi connectivity index (χ1n) is 5.81. The van der Waals surface area contributed by atoms with E-state index in [0.29, 0.717) is 11.8 Å². The van der Waals surface area contributed by atoms with Gasteiger partial charge in [-0.2, -0.15) is 0 Å². The highest BCUT2D eigenvalue weighted by Crippen LogP contribution is 2.25. The minimum atomic E-state index is 0.576. The Labute approximate surface area is 111 Å². The van der Waals surface area contributed by atoms with Crippen LogP contribution < -0.4 is 0 Å². The zero-order chi connectivity index (χ0) is 12.3. The van der Waals surface area contributed by atoms with Gasteiger partial charge in [-0.1, -0.05) is 38.1 Å². The van der Waals surface area contributed by atoms with Crippen molar-refractivity contribution < 1.29 is 0 Å². The van der Waals surface area contributed by atoms with Gasteiger partial charge < -0.3 is 0 Å². The third-order valence-corrected chi connectivity index (χ3v) is 3.86. The van der Waals surface area contributed by atoms with Gasteiger partial charge in [0.1, 0.15) is 5.01 Å². The van der Waals surface area contributed by atoms with E-state index in [1.807, 2.05) is 0 Å². The summed E-state index contributed by atoms with van der Waals surface area (Å²) in [7, 11) is 0. The van der Waals surface area contributed by atoms with Gasteiger partial charge in [-0.3, -0.25) is 0 Å². The van der Waals surface area contributed by atoms with Crippen LogP contribution in [-0.4, -0.2) is 10.9 Å². The first-order chi connectivity index (χ1) is 8.20. The van der Waals surface area contributed by atoms with E-state index in [1.165, 1.54) is 11.1 Å². The first kappa shape index (κ1) is 12.6. The lowest BCUT2D eigenvalue weighted by molar-refractivity contribution is 0.867. The summed E-state index contributed by atoms with van der Waals surface area (Å²) in [6.07, 6.45) is 0.849. The Balaban J connectivity index is 2.21. The second-order valence-electron chi connectivity index (χ2n) is 4.36. The molecule has 1 aromatic carbocycles. The summed E-state index contributed by atoms with van der Waals surface area (Å²) in [5, 5.41) is 3.18. The van der Waals surface area contributed by atoms with E-state index in [-0.39, 0.29) is 0 Å². The lowest BCUT2D eigenvalue weighted by Crippen LogP contribution is -1.88. The van der Waals surface area contributed by atoms with Crippen LogP contribution in [0, 0.1) is 0 Å². The van der Waals surface area contributed by atoms with Gasteiger partial charge in [0.15, 0.2) is 0 Å². The number of alkyl halides is 1. The quantitative estimate of drug-likeness (QED) is 0.730. The number of benzene rings is 1. The Morgan fingerprint density at radius 3 is 2.53 bits per heavy atom. The van der Waals surface area contributed by atoms with Gasteiger partial charge in [-0.15, -0.1) is 22.9 Å². The van der Waals surface area contributed by atoms with Crippen molar-refractivity contribution >= 4 is 22.9 Å². The highest BCUT2D eigenvalue weighted by atomic mass is 35.5. The Morgan fingerprint density at radius 1 is 1.24 bits per heavy atom. The molecule has 1 aromatic heterocycles. The van der Waals surface area contributed by atoms with E-state index in [0.717, 1.165) is 17.1 Å². The van der Waals surface area contributed by atoms with Crippen molar-refractivity contribution in [2.75, 3.05) is 5.88 Å². The highest BCUT2D eigenvalue weighted by molar-refractivity contribution is 7.13. The number of aryl methyl sites for hydroxylation is 1. The van der Waals surface area contributed by atoms with Crippen molar-refractivity contribution in [1.82, 2.24) is 4.98 Å². The van der Waals surface area contributed by atoms with Crippen LogP contribution in [0.1, 0.15) is 31.0 Å². The maximum absolute atomic E-state index is 5.71. The van der Waals surface area contributed by atoms with Gasteiger partial charge >= 0.3 is 0 Å². The van der Waals surface area contributed by atoms with Crippen LogP contribution in [0.25, 0.3) is 10.6 Å². The minimum Gasteiger partial charge on any atom is -0.241 e. The van der Waals surface area contributed by atoms with Crippen molar-refractivity contribution in [2.24, 2.45) is 0 Å². The Kier molecular flexibility index (Phi) is 4.19. The van der Waals surface area contributed by atoms with Gasteiger partial charge in [-0.05, 0) is 11.5 Å². The summed E-state index contributed by atoms with van der Waals surface area (Å²) in [5.41, 5.74) is 3.65. The molecule has 1 nitrogen and oxygen atoms in total. The monoisotopic (exact) mass is 265 g/mol. The molecule has 3 heteroatoms. The van der Waals surface area contributed by atoms with Crippen molar-refractivity contribution in [3.63, 3.8) is 0 Å². The van der Waals surface area contributed by atoms with Crippen LogP contribution >= 0.6 is 22.9 Å². The fraction of sp³-hybridized carbons (Fsp3) is 0.357. The van der Waals surface area contributed by atoms with Gasteiger partial charge in [0.05, 0.1) is 5.69 Å². The minimum absolute atomic E-state index is 0.576. The molecule has 0 saturated carbocycles. The average molecular weight is 266 g/mol. The van der Waals surface area contributed by atoms with Crippen LogP contribution in [0.15, 0.2) is 29.6 Å². The van der Waals surface area contributed by atoms with E-state index < -0.39 is 0 Å². The molecule has 0 aliphatic carbocycles. The molecule has 0 bridgehead atoms. The predicted octanol–water partition coefficient (Wildman–Crippen LogP) is 4.71. The summed E-state index contributed by atoms with van der Waals surface area (Å²) < 4.78 is 0. The van der Waals surface area contributed by atoms with E-state index in [9.17, 15) is 0 Å². The Morgan fingerprint density at radius 2 is 1.94 bits per heavy atom. The third kappa shape index (κ3) is 3.08. The van der Waals surface area contributed by atoms with E-state index in [4.69, 9.17) is 11.6 Å². The SMILES string of the molecule is CC(C)c1ccc(-c2nc(CCCl)cs2)cc1. The molecule has 90 valence electrons. The molecule has 0 atom stereocenters. The number of nitrogens with zero attached hydrogens (tertiary/aromatic N) is 1. The van der Waals surface area contributed by atoms with E-state index in [1.54, 1.807) is 11.3 Å². The van der Waals surface area contributed by atoms with E-state index >= 15 is 0 Å². The molecule has 0 unspecified atom stereocenters.